The van der Waals surface area contributed by atoms with E-state index in [0.29, 0.717) is 5.25 Å². The van der Waals surface area contributed by atoms with E-state index in [0.717, 1.165) is 4.90 Å². The fourth-order valence-corrected chi connectivity index (χ4v) is 1.83. The first-order valence-corrected chi connectivity index (χ1v) is 5.00. The average Bonchev–Trinajstić information content (AvgIpc) is 2.05. The molecule has 1 atom stereocenters. The molecule has 0 saturated carbocycles. The predicted octanol–water partition coefficient (Wildman–Crippen LogP) is 2.83. The Labute approximate surface area is 70.3 Å². The second-order valence-electron chi connectivity index (χ2n) is 2.70. The van der Waals surface area contributed by atoms with Gasteiger partial charge < -0.3 is 0 Å². The molecule has 0 bridgehead atoms. The van der Waals surface area contributed by atoms with E-state index < -0.39 is 0 Å². The summed E-state index contributed by atoms with van der Waals surface area (Å²) in [4.78, 5) is 1.14. The molecule has 0 amide bonds. The minimum atomic E-state index is -0.335. The van der Waals surface area contributed by atoms with Crippen molar-refractivity contribution in [3.05, 3.63) is 30.3 Å². The van der Waals surface area contributed by atoms with E-state index in [2.05, 4.69) is 13.8 Å². The molecule has 0 aliphatic rings. The smallest absolute Gasteiger partial charge is 0.0184 e. The van der Waals surface area contributed by atoms with Crippen LogP contribution in [-0.4, -0.2) is 5.25 Å². The molecule has 1 nitrogen and oxygen atoms in total. The van der Waals surface area contributed by atoms with E-state index in [4.69, 9.17) is 4.78 Å². The van der Waals surface area contributed by atoms with Gasteiger partial charge in [0.2, 0.25) is 0 Å². The third kappa shape index (κ3) is 2.15. The molecular formula is C9H13NS. The van der Waals surface area contributed by atoms with Crippen LogP contribution in [0.25, 0.3) is 0 Å². The number of nitrogens with one attached hydrogen (secondary N) is 1. The second-order valence-corrected chi connectivity index (χ2v) is 4.79. The molecule has 2 heteroatoms. The van der Waals surface area contributed by atoms with Gasteiger partial charge in [-0.2, -0.15) is 0 Å². The molecule has 0 fully saturated rings. The number of benzene rings is 1. The van der Waals surface area contributed by atoms with Crippen molar-refractivity contribution >= 4 is 10.7 Å². The fraction of sp³-hybridized carbons (Fsp3) is 0.333. The zero-order chi connectivity index (χ0) is 8.27. The van der Waals surface area contributed by atoms with E-state index in [1.54, 1.807) is 0 Å². The average molecular weight is 167 g/mol. The van der Waals surface area contributed by atoms with Gasteiger partial charge in [-0.3, -0.25) is 4.78 Å². The van der Waals surface area contributed by atoms with Crippen molar-refractivity contribution in [1.82, 2.24) is 0 Å². The molecule has 1 rings (SSSR count). The lowest BCUT2D eigenvalue weighted by molar-refractivity contribution is 1.09. The van der Waals surface area contributed by atoms with Crippen molar-refractivity contribution in [1.29, 1.82) is 4.78 Å². The summed E-state index contributed by atoms with van der Waals surface area (Å²) in [5.74, 6) is 0. The van der Waals surface area contributed by atoms with E-state index in [1.165, 1.54) is 0 Å². The molecule has 0 aromatic heterocycles. The highest BCUT2D eigenvalue weighted by Gasteiger charge is 2.01. The summed E-state index contributed by atoms with van der Waals surface area (Å²) in [6.07, 6.45) is 0. The standard InChI is InChI=1S/C9H13NS/c1-8(2)11(10)9-6-4-3-5-7-9/h3-8,10H,1-2H3. The Morgan fingerprint density at radius 1 is 1.18 bits per heavy atom. The number of hydrogen-bond donors (Lipinski definition) is 1. The van der Waals surface area contributed by atoms with Crippen LogP contribution in [0.1, 0.15) is 13.8 Å². The highest BCUT2D eigenvalue weighted by atomic mass is 32.2. The largest absolute Gasteiger partial charge is 0.275 e. The van der Waals surface area contributed by atoms with Crippen molar-refractivity contribution in [2.24, 2.45) is 0 Å². The highest BCUT2D eigenvalue weighted by molar-refractivity contribution is 7.86. The van der Waals surface area contributed by atoms with Crippen LogP contribution in [0.3, 0.4) is 0 Å². The van der Waals surface area contributed by atoms with Gasteiger partial charge in [0.25, 0.3) is 0 Å². The van der Waals surface area contributed by atoms with Crippen LogP contribution in [0.2, 0.25) is 0 Å². The topological polar surface area (TPSA) is 23.9 Å². The first-order valence-electron chi connectivity index (χ1n) is 3.71. The SMILES string of the molecule is CC(C)S(=N)c1ccccc1. The van der Waals surface area contributed by atoms with Crippen molar-refractivity contribution in [3.63, 3.8) is 0 Å². The first-order chi connectivity index (χ1) is 5.22. The van der Waals surface area contributed by atoms with E-state index in [-0.39, 0.29) is 10.7 Å². The summed E-state index contributed by atoms with van der Waals surface area (Å²) in [6, 6.07) is 10.0. The second kappa shape index (κ2) is 3.67. The Morgan fingerprint density at radius 2 is 1.73 bits per heavy atom. The minimum Gasteiger partial charge on any atom is -0.275 e. The molecule has 1 N–H and O–H groups in total. The molecule has 0 aliphatic carbocycles. The molecule has 11 heavy (non-hydrogen) atoms. The lowest BCUT2D eigenvalue weighted by atomic mass is 10.4. The summed E-state index contributed by atoms with van der Waals surface area (Å²) >= 11 is 0. The normalized spacial score (nSPS) is 13.4. The van der Waals surface area contributed by atoms with Gasteiger partial charge in [-0.1, -0.05) is 42.7 Å². The molecule has 0 aliphatic heterocycles. The minimum absolute atomic E-state index is 0.335. The summed E-state index contributed by atoms with van der Waals surface area (Å²) in [5.41, 5.74) is 0. The van der Waals surface area contributed by atoms with Gasteiger partial charge in [-0.15, -0.1) is 0 Å². The maximum Gasteiger partial charge on any atom is 0.0184 e. The molecule has 1 aromatic carbocycles. The summed E-state index contributed by atoms with van der Waals surface area (Å²) in [6.45, 7) is 4.17. The van der Waals surface area contributed by atoms with Gasteiger partial charge >= 0.3 is 0 Å². The van der Waals surface area contributed by atoms with Gasteiger partial charge in [0, 0.05) is 10.1 Å². The Morgan fingerprint density at radius 3 is 2.18 bits per heavy atom. The number of rotatable bonds is 2. The third-order valence-corrected chi connectivity index (χ3v) is 3.19. The van der Waals surface area contributed by atoms with Gasteiger partial charge in [-0.05, 0) is 12.1 Å². The third-order valence-electron chi connectivity index (χ3n) is 1.47. The van der Waals surface area contributed by atoms with Crippen LogP contribution in [-0.2, 0) is 10.7 Å². The fourth-order valence-electron chi connectivity index (χ4n) is 0.839. The molecule has 60 valence electrons. The molecule has 1 unspecified atom stereocenters. The van der Waals surface area contributed by atoms with Gasteiger partial charge in [0.1, 0.15) is 0 Å². The lowest BCUT2D eigenvalue weighted by Crippen LogP contribution is -2.03. The van der Waals surface area contributed by atoms with Crippen LogP contribution < -0.4 is 0 Å². The van der Waals surface area contributed by atoms with Crippen LogP contribution >= 0.6 is 0 Å². The summed E-state index contributed by atoms with van der Waals surface area (Å²) < 4.78 is 7.80. The maximum absolute atomic E-state index is 7.80. The zero-order valence-corrected chi connectivity index (χ0v) is 7.69. The number of hydrogen-bond acceptors (Lipinski definition) is 1. The highest BCUT2D eigenvalue weighted by Crippen LogP contribution is 2.10. The van der Waals surface area contributed by atoms with Crippen LogP contribution in [0, 0.1) is 4.78 Å². The Hall–Kier alpha value is -0.630. The van der Waals surface area contributed by atoms with Crippen LogP contribution in [0.15, 0.2) is 35.2 Å². The first kappa shape index (κ1) is 8.47. The molecule has 1 aromatic rings. The quantitative estimate of drug-likeness (QED) is 0.700. The Kier molecular flexibility index (Phi) is 2.83. The summed E-state index contributed by atoms with van der Waals surface area (Å²) in [7, 11) is -0.335. The molecule has 0 heterocycles. The summed E-state index contributed by atoms with van der Waals surface area (Å²) in [5, 5.41) is 0.428. The van der Waals surface area contributed by atoms with Crippen LogP contribution in [0.4, 0.5) is 0 Å². The monoisotopic (exact) mass is 167 g/mol. The molecule has 0 saturated heterocycles. The lowest BCUT2D eigenvalue weighted by Gasteiger charge is -2.07. The van der Waals surface area contributed by atoms with Crippen molar-refractivity contribution in [2.75, 3.05) is 0 Å². The Balaban J connectivity index is 2.86. The molecule has 0 radical (unpaired) electrons. The zero-order valence-electron chi connectivity index (χ0n) is 6.87. The van der Waals surface area contributed by atoms with E-state index in [1.807, 2.05) is 30.3 Å². The van der Waals surface area contributed by atoms with Crippen molar-refractivity contribution < 1.29 is 0 Å². The van der Waals surface area contributed by atoms with Crippen molar-refractivity contribution in [2.45, 2.75) is 24.0 Å². The predicted molar refractivity (Wildman–Crippen MR) is 49.9 cm³/mol. The molecular weight excluding hydrogens is 154 g/mol. The van der Waals surface area contributed by atoms with E-state index >= 15 is 0 Å². The van der Waals surface area contributed by atoms with Gasteiger partial charge in [0.05, 0.1) is 0 Å². The maximum atomic E-state index is 7.80. The van der Waals surface area contributed by atoms with Gasteiger partial charge in [-0.25, -0.2) is 0 Å². The van der Waals surface area contributed by atoms with Crippen LogP contribution in [0.5, 0.6) is 0 Å². The Bertz CT molecular complexity index is 241. The van der Waals surface area contributed by atoms with Gasteiger partial charge in [0.15, 0.2) is 0 Å². The molecule has 0 spiro atoms. The van der Waals surface area contributed by atoms with Crippen molar-refractivity contribution in [3.8, 4) is 0 Å². The van der Waals surface area contributed by atoms with E-state index in [9.17, 15) is 0 Å².